The van der Waals surface area contributed by atoms with E-state index in [9.17, 15) is 22.0 Å². The molecule has 0 unspecified atom stereocenters. The van der Waals surface area contributed by atoms with Gasteiger partial charge in [-0.1, -0.05) is 12.1 Å². The van der Waals surface area contributed by atoms with Crippen LogP contribution in [-0.2, 0) is 14.8 Å². The molecule has 1 saturated carbocycles. The minimum atomic E-state index is -3.63. The van der Waals surface area contributed by atoms with Gasteiger partial charge in [-0.25, -0.2) is 22.3 Å². The van der Waals surface area contributed by atoms with Crippen molar-refractivity contribution in [2.45, 2.75) is 12.3 Å². The van der Waals surface area contributed by atoms with Gasteiger partial charge in [0.05, 0.1) is 5.75 Å². The number of rotatable bonds is 5. The zero-order chi connectivity index (χ0) is 14.9. The van der Waals surface area contributed by atoms with Gasteiger partial charge in [-0.15, -0.1) is 0 Å². The largest absolute Gasteiger partial charge is 0.355 e. The van der Waals surface area contributed by atoms with Crippen molar-refractivity contribution in [1.82, 2.24) is 5.32 Å². The molecule has 5 nitrogen and oxygen atoms in total. The lowest BCUT2D eigenvalue weighted by Gasteiger charge is -2.05. The molecule has 1 aromatic carbocycles. The molecule has 2 atom stereocenters. The normalized spacial score (nSPS) is 21.6. The highest BCUT2D eigenvalue weighted by Crippen LogP contribution is 2.48. The van der Waals surface area contributed by atoms with Crippen molar-refractivity contribution in [3.8, 4) is 0 Å². The number of nitrogens with two attached hydrogens (primary N) is 1. The maximum absolute atomic E-state index is 13.5. The van der Waals surface area contributed by atoms with E-state index in [1.54, 1.807) is 0 Å². The number of nitrogens with one attached hydrogen (secondary N) is 1. The second-order valence-electron chi connectivity index (χ2n) is 4.75. The molecule has 0 heterocycles. The molecule has 0 aliphatic heterocycles. The van der Waals surface area contributed by atoms with Crippen molar-refractivity contribution in [3.63, 3.8) is 0 Å². The van der Waals surface area contributed by atoms with E-state index in [2.05, 4.69) is 5.32 Å². The summed E-state index contributed by atoms with van der Waals surface area (Å²) >= 11 is 0. The Morgan fingerprint density at radius 2 is 2.10 bits per heavy atom. The van der Waals surface area contributed by atoms with Crippen molar-refractivity contribution in [2.75, 3.05) is 12.3 Å². The van der Waals surface area contributed by atoms with Gasteiger partial charge in [0.25, 0.3) is 0 Å². The van der Waals surface area contributed by atoms with Gasteiger partial charge in [0.1, 0.15) is 0 Å². The summed E-state index contributed by atoms with van der Waals surface area (Å²) in [6.45, 7) is -0.0908. The Bertz CT molecular complexity index is 634. The number of halogens is 2. The number of amides is 1. The lowest BCUT2D eigenvalue weighted by molar-refractivity contribution is -0.122. The topological polar surface area (TPSA) is 89.3 Å². The molecule has 0 saturated heterocycles. The molecule has 1 amide bonds. The van der Waals surface area contributed by atoms with E-state index in [0.717, 1.165) is 6.07 Å². The fraction of sp³-hybridized carbons (Fsp3) is 0.417. The van der Waals surface area contributed by atoms with Crippen LogP contribution in [0.3, 0.4) is 0 Å². The van der Waals surface area contributed by atoms with Crippen LogP contribution in [-0.4, -0.2) is 26.6 Å². The summed E-state index contributed by atoms with van der Waals surface area (Å²) in [5.41, 5.74) is 0.177. The van der Waals surface area contributed by atoms with Crippen molar-refractivity contribution in [2.24, 2.45) is 11.1 Å². The molecule has 2 rings (SSSR count). The molecule has 0 spiro atoms. The summed E-state index contributed by atoms with van der Waals surface area (Å²) < 4.78 is 48.0. The fourth-order valence-electron chi connectivity index (χ4n) is 2.08. The van der Waals surface area contributed by atoms with E-state index in [-0.39, 0.29) is 29.7 Å². The number of sulfonamides is 1. The van der Waals surface area contributed by atoms with Crippen LogP contribution in [0.2, 0.25) is 0 Å². The van der Waals surface area contributed by atoms with E-state index in [1.165, 1.54) is 12.1 Å². The maximum Gasteiger partial charge on any atom is 0.223 e. The van der Waals surface area contributed by atoms with Crippen LogP contribution in [0.15, 0.2) is 18.2 Å². The predicted molar refractivity (Wildman–Crippen MR) is 68.2 cm³/mol. The summed E-state index contributed by atoms with van der Waals surface area (Å²) in [4.78, 5) is 11.7. The molecule has 0 bridgehead atoms. The first-order valence-corrected chi connectivity index (χ1v) is 7.73. The van der Waals surface area contributed by atoms with Gasteiger partial charge in [0.2, 0.25) is 15.9 Å². The summed E-state index contributed by atoms with van der Waals surface area (Å²) in [6.07, 6.45) is 0.418. The highest BCUT2D eigenvalue weighted by atomic mass is 32.2. The molecule has 110 valence electrons. The third kappa shape index (κ3) is 3.51. The minimum Gasteiger partial charge on any atom is -0.355 e. The molecular weight excluding hydrogens is 290 g/mol. The highest BCUT2D eigenvalue weighted by Gasteiger charge is 2.45. The van der Waals surface area contributed by atoms with E-state index < -0.39 is 27.6 Å². The van der Waals surface area contributed by atoms with Crippen LogP contribution in [0.1, 0.15) is 17.9 Å². The van der Waals surface area contributed by atoms with Gasteiger partial charge in [0.15, 0.2) is 11.6 Å². The summed E-state index contributed by atoms with van der Waals surface area (Å²) in [6, 6.07) is 3.85. The maximum atomic E-state index is 13.5. The van der Waals surface area contributed by atoms with Gasteiger partial charge < -0.3 is 5.32 Å². The lowest BCUT2D eigenvalue weighted by atomic mass is 10.1. The Morgan fingerprint density at radius 3 is 2.75 bits per heavy atom. The number of hydrogen-bond acceptors (Lipinski definition) is 3. The van der Waals surface area contributed by atoms with Crippen molar-refractivity contribution >= 4 is 15.9 Å². The van der Waals surface area contributed by atoms with E-state index >= 15 is 0 Å². The highest BCUT2D eigenvalue weighted by molar-refractivity contribution is 7.89. The molecule has 1 fully saturated rings. The zero-order valence-electron chi connectivity index (χ0n) is 10.5. The summed E-state index contributed by atoms with van der Waals surface area (Å²) in [5, 5.41) is 7.22. The molecule has 20 heavy (non-hydrogen) atoms. The summed E-state index contributed by atoms with van der Waals surface area (Å²) in [5.74, 6) is -3.42. The molecular formula is C12H14F2N2O3S. The minimum absolute atomic E-state index is 0.0908. The van der Waals surface area contributed by atoms with Crippen LogP contribution in [0.4, 0.5) is 8.78 Å². The van der Waals surface area contributed by atoms with E-state index in [4.69, 9.17) is 5.14 Å². The Kier molecular flexibility index (Phi) is 4.05. The molecule has 3 N–H and O–H groups in total. The monoisotopic (exact) mass is 304 g/mol. The van der Waals surface area contributed by atoms with Gasteiger partial charge in [-0.3, -0.25) is 4.79 Å². The summed E-state index contributed by atoms with van der Waals surface area (Å²) in [7, 11) is -3.63. The molecule has 0 aromatic heterocycles. The average molecular weight is 304 g/mol. The fourth-order valence-corrected chi connectivity index (χ4v) is 2.47. The number of carbonyl (C=O) groups is 1. The van der Waals surface area contributed by atoms with Crippen LogP contribution in [0.5, 0.6) is 0 Å². The van der Waals surface area contributed by atoms with Gasteiger partial charge >= 0.3 is 0 Å². The Labute approximate surface area is 115 Å². The van der Waals surface area contributed by atoms with Crippen LogP contribution in [0.25, 0.3) is 0 Å². The molecule has 1 aliphatic carbocycles. The smallest absolute Gasteiger partial charge is 0.223 e. The molecule has 1 aromatic rings. The van der Waals surface area contributed by atoms with E-state index in [1.807, 2.05) is 0 Å². The Balaban J connectivity index is 1.91. The van der Waals surface area contributed by atoms with Gasteiger partial charge in [0, 0.05) is 12.5 Å². The molecule has 0 radical (unpaired) electrons. The Hall–Kier alpha value is -1.54. The first-order chi connectivity index (χ1) is 9.29. The van der Waals surface area contributed by atoms with Crippen molar-refractivity contribution < 1.29 is 22.0 Å². The zero-order valence-corrected chi connectivity index (χ0v) is 11.3. The molecule has 1 aliphatic rings. The third-order valence-electron chi connectivity index (χ3n) is 3.19. The first kappa shape index (κ1) is 14.9. The average Bonchev–Trinajstić information content (AvgIpc) is 3.11. The van der Waals surface area contributed by atoms with Crippen LogP contribution in [0, 0.1) is 17.6 Å². The van der Waals surface area contributed by atoms with E-state index in [0.29, 0.717) is 6.42 Å². The standard InChI is InChI=1S/C12H14F2N2O3S/c13-10-3-1-2-7(11(10)14)8-6-9(8)12(17)16-4-5-20(15,18)19/h1-3,8-9H,4-6H2,(H,16,17)(H2,15,18,19)/t8-,9+/m1/s1. The number of primary sulfonamides is 1. The van der Waals surface area contributed by atoms with Crippen molar-refractivity contribution in [1.29, 1.82) is 0 Å². The predicted octanol–water partition coefficient (Wildman–Crippen LogP) is 0.473. The third-order valence-corrected chi connectivity index (χ3v) is 3.97. The number of benzene rings is 1. The van der Waals surface area contributed by atoms with Crippen molar-refractivity contribution in [3.05, 3.63) is 35.4 Å². The first-order valence-electron chi connectivity index (χ1n) is 6.01. The van der Waals surface area contributed by atoms with Crippen LogP contribution < -0.4 is 10.5 Å². The van der Waals surface area contributed by atoms with Gasteiger partial charge in [-0.05, 0) is 24.0 Å². The Morgan fingerprint density at radius 1 is 1.40 bits per heavy atom. The number of hydrogen-bond donors (Lipinski definition) is 2. The quantitative estimate of drug-likeness (QED) is 0.829. The SMILES string of the molecule is NS(=O)(=O)CCNC(=O)[C@H]1C[C@@H]1c1cccc(F)c1F. The molecule has 8 heteroatoms. The second-order valence-corrected chi connectivity index (χ2v) is 6.48. The number of carbonyl (C=O) groups excluding carboxylic acids is 1. The second kappa shape index (κ2) is 5.45. The lowest BCUT2D eigenvalue weighted by Crippen LogP contribution is -2.32. The van der Waals surface area contributed by atoms with Crippen LogP contribution >= 0.6 is 0 Å². The van der Waals surface area contributed by atoms with Gasteiger partial charge in [-0.2, -0.15) is 0 Å².